The van der Waals surface area contributed by atoms with Crippen molar-refractivity contribution in [3.63, 3.8) is 0 Å². The van der Waals surface area contributed by atoms with Crippen LogP contribution in [0.2, 0.25) is 5.02 Å². The molecule has 0 saturated heterocycles. The van der Waals surface area contributed by atoms with Gasteiger partial charge in [-0.15, -0.1) is 0 Å². The molecule has 1 heterocycles. The zero-order valence-corrected chi connectivity index (χ0v) is 20.1. The van der Waals surface area contributed by atoms with Crippen molar-refractivity contribution in [2.75, 3.05) is 7.11 Å². The minimum Gasteiger partial charge on any atom is -0.489 e. The SMILES string of the molecule is CO/N=C(\c1ccc(Cl)cc1)c1ccc(OCc2c(C)cccc2-n2nnn(C)c2=O)c(C)c1. The van der Waals surface area contributed by atoms with Crippen LogP contribution in [-0.4, -0.2) is 32.6 Å². The predicted molar refractivity (Wildman–Crippen MR) is 131 cm³/mol. The van der Waals surface area contributed by atoms with Gasteiger partial charge in [0, 0.05) is 28.8 Å². The van der Waals surface area contributed by atoms with E-state index in [0.29, 0.717) is 16.4 Å². The number of aryl methyl sites for hydroxylation is 3. The van der Waals surface area contributed by atoms with Gasteiger partial charge in [0.15, 0.2) is 0 Å². The Morgan fingerprint density at radius 3 is 2.38 bits per heavy atom. The summed E-state index contributed by atoms with van der Waals surface area (Å²) < 4.78 is 8.64. The van der Waals surface area contributed by atoms with Gasteiger partial charge in [-0.2, -0.15) is 9.36 Å². The number of ether oxygens (including phenoxy) is 1. The molecule has 0 aliphatic rings. The fourth-order valence-electron chi connectivity index (χ4n) is 3.62. The maximum absolute atomic E-state index is 12.4. The Kier molecular flexibility index (Phi) is 6.79. The Bertz CT molecular complexity index is 1410. The second-order valence-electron chi connectivity index (χ2n) is 7.77. The molecule has 0 N–H and O–H groups in total. The Morgan fingerprint density at radius 2 is 1.74 bits per heavy atom. The summed E-state index contributed by atoms with van der Waals surface area (Å²) in [5, 5.41) is 12.6. The molecule has 0 bridgehead atoms. The summed E-state index contributed by atoms with van der Waals surface area (Å²) in [7, 11) is 3.08. The third-order valence-corrected chi connectivity index (χ3v) is 5.71. The molecule has 0 unspecified atom stereocenters. The van der Waals surface area contributed by atoms with Crippen molar-refractivity contribution < 1.29 is 9.57 Å². The number of benzene rings is 3. The monoisotopic (exact) mass is 477 g/mol. The Labute approximate surface area is 202 Å². The van der Waals surface area contributed by atoms with Gasteiger partial charge in [-0.25, -0.2) is 4.79 Å². The normalized spacial score (nSPS) is 11.5. The topological polar surface area (TPSA) is 83.5 Å². The second kappa shape index (κ2) is 9.93. The summed E-state index contributed by atoms with van der Waals surface area (Å²) in [4.78, 5) is 17.5. The summed E-state index contributed by atoms with van der Waals surface area (Å²) in [5.41, 5.74) is 5.57. The lowest BCUT2D eigenvalue weighted by Crippen LogP contribution is -2.23. The summed E-state index contributed by atoms with van der Waals surface area (Å²) in [6.45, 7) is 4.21. The average Bonchev–Trinajstić information content (AvgIpc) is 3.16. The van der Waals surface area contributed by atoms with Gasteiger partial charge in [0.2, 0.25) is 0 Å². The highest BCUT2D eigenvalue weighted by atomic mass is 35.5. The van der Waals surface area contributed by atoms with Crippen molar-refractivity contribution in [3.05, 3.63) is 104 Å². The van der Waals surface area contributed by atoms with Crippen LogP contribution in [0, 0.1) is 13.8 Å². The highest BCUT2D eigenvalue weighted by Gasteiger charge is 2.15. The number of nitrogens with zero attached hydrogens (tertiary/aromatic N) is 5. The van der Waals surface area contributed by atoms with Crippen LogP contribution >= 0.6 is 11.6 Å². The standard InChI is InChI=1S/C25H24ClN5O3/c1-16-6-5-7-22(31-25(32)30(3)28-29-31)21(16)15-34-23-13-10-19(14-17(23)2)24(27-33-4)18-8-11-20(26)12-9-18/h5-14H,15H2,1-4H3/b27-24+. The van der Waals surface area contributed by atoms with Gasteiger partial charge in [0.25, 0.3) is 0 Å². The van der Waals surface area contributed by atoms with E-state index in [4.69, 9.17) is 21.2 Å². The van der Waals surface area contributed by atoms with Gasteiger partial charge in [-0.05, 0) is 71.8 Å². The first-order chi connectivity index (χ1) is 16.4. The van der Waals surface area contributed by atoms with Crippen molar-refractivity contribution in [2.45, 2.75) is 20.5 Å². The summed E-state index contributed by atoms with van der Waals surface area (Å²) in [6.07, 6.45) is 0. The third-order valence-electron chi connectivity index (χ3n) is 5.46. The summed E-state index contributed by atoms with van der Waals surface area (Å²) >= 11 is 6.03. The lowest BCUT2D eigenvalue weighted by atomic mass is 10.0. The van der Waals surface area contributed by atoms with Crippen molar-refractivity contribution in [3.8, 4) is 11.4 Å². The zero-order chi connectivity index (χ0) is 24.2. The molecule has 34 heavy (non-hydrogen) atoms. The van der Waals surface area contributed by atoms with E-state index in [2.05, 4.69) is 15.6 Å². The molecule has 0 amide bonds. The molecule has 9 heteroatoms. The Balaban J connectivity index is 1.61. The molecular formula is C25H24ClN5O3. The minimum atomic E-state index is -0.320. The van der Waals surface area contributed by atoms with Crippen molar-refractivity contribution in [1.82, 2.24) is 19.8 Å². The smallest absolute Gasteiger partial charge is 0.368 e. The van der Waals surface area contributed by atoms with Crippen molar-refractivity contribution in [2.24, 2.45) is 12.2 Å². The van der Waals surface area contributed by atoms with E-state index in [9.17, 15) is 4.79 Å². The van der Waals surface area contributed by atoms with E-state index in [-0.39, 0.29) is 12.3 Å². The number of oxime groups is 1. The number of rotatable bonds is 7. The first-order valence-electron chi connectivity index (χ1n) is 10.6. The molecule has 0 fully saturated rings. The van der Waals surface area contributed by atoms with Crippen LogP contribution in [0.25, 0.3) is 5.69 Å². The van der Waals surface area contributed by atoms with E-state index in [1.165, 1.54) is 16.5 Å². The fourth-order valence-corrected chi connectivity index (χ4v) is 3.74. The molecule has 0 saturated carbocycles. The predicted octanol–water partition coefficient (Wildman–Crippen LogP) is 4.21. The molecule has 174 valence electrons. The third kappa shape index (κ3) is 4.72. The molecule has 0 spiro atoms. The van der Waals surface area contributed by atoms with Crippen LogP contribution in [0.1, 0.15) is 27.8 Å². The van der Waals surface area contributed by atoms with Gasteiger partial charge in [0.1, 0.15) is 25.2 Å². The molecule has 0 aliphatic carbocycles. The summed E-state index contributed by atoms with van der Waals surface area (Å²) in [6, 6.07) is 18.9. The van der Waals surface area contributed by atoms with Crippen LogP contribution in [-0.2, 0) is 18.5 Å². The molecular weight excluding hydrogens is 454 g/mol. The molecule has 4 aromatic rings. The highest BCUT2D eigenvalue weighted by molar-refractivity contribution is 6.30. The number of hydrogen-bond donors (Lipinski definition) is 0. The quantitative estimate of drug-likeness (QED) is 0.294. The maximum atomic E-state index is 12.4. The maximum Gasteiger partial charge on any atom is 0.368 e. The lowest BCUT2D eigenvalue weighted by molar-refractivity contribution is 0.214. The molecule has 1 aromatic heterocycles. The van der Waals surface area contributed by atoms with E-state index in [0.717, 1.165) is 33.6 Å². The van der Waals surface area contributed by atoms with Gasteiger partial charge in [-0.1, -0.05) is 41.0 Å². The van der Waals surface area contributed by atoms with Gasteiger partial charge < -0.3 is 9.57 Å². The average molecular weight is 478 g/mol. The van der Waals surface area contributed by atoms with Gasteiger partial charge in [-0.3, -0.25) is 0 Å². The van der Waals surface area contributed by atoms with E-state index >= 15 is 0 Å². The molecule has 3 aromatic carbocycles. The van der Waals surface area contributed by atoms with Crippen molar-refractivity contribution in [1.29, 1.82) is 0 Å². The molecule has 8 nitrogen and oxygen atoms in total. The first kappa shape index (κ1) is 23.3. The van der Waals surface area contributed by atoms with E-state index in [1.807, 2.05) is 74.5 Å². The number of hydrogen-bond acceptors (Lipinski definition) is 6. The minimum absolute atomic E-state index is 0.265. The van der Waals surface area contributed by atoms with Crippen molar-refractivity contribution >= 4 is 17.3 Å². The van der Waals surface area contributed by atoms with Crippen LogP contribution in [0.5, 0.6) is 5.75 Å². The Hall–Kier alpha value is -3.91. The first-order valence-corrected chi connectivity index (χ1v) is 11.0. The number of halogens is 1. The van der Waals surface area contributed by atoms with E-state index in [1.54, 1.807) is 7.05 Å². The second-order valence-corrected chi connectivity index (χ2v) is 8.20. The number of tetrazole rings is 1. The fraction of sp³-hybridized carbons (Fsp3) is 0.200. The van der Waals surface area contributed by atoms with Gasteiger partial charge in [0.05, 0.1) is 5.69 Å². The lowest BCUT2D eigenvalue weighted by Gasteiger charge is -2.15. The van der Waals surface area contributed by atoms with Crippen LogP contribution < -0.4 is 10.4 Å². The van der Waals surface area contributed by atoms with E-state index < -0.39 is 0 Å². The molecule has 0 aliphatic heterocycles. The largest absolute Gasteiger partial charge is 0.489 e. The number of aromatic nitrogens is 4. The molecule has 4 rings (SSSR count). The summed E-state index contributed by atoms with van der Waals surface area (Å²) in [5.74, 6) is 0.720. The Morgan fingerprint density at radius 1 is 1.00 bits per heavy atom. The molecule has 0 atom stereocenters. The van der Waals surface area contributed by atoms with Crippen LogP contribution in [0.3, 0.4) is 0 Å². The van der Waals surface area contributed by atoms with Crippen LogP contribution in [0.4, 0.5) is 0 Å². The zero-order valence-electron chi connectivity index (χ0n) is 19.3. The molecule has 0 radical (unpaired) electrons. The van der Waals surface area contributed by atoms with Crippen LogP contribution in [0.15, 0.2) is 70.6 Å². The highest BCUT2D eigenvalue weighted by Crippen LogP contribution is 2.25. The van der Waals surface area contributed by atoms with Gasteiger partial charge >= 0.3 is 5.69 Å².